The lowest BCUT2D eigenvalue weighted by Crippen LogP contribution is -2.37. The van der Waals surface area contributed by atoms with E-state index in [1.54, 1.807) is 6.92 Å². The number of aliphatic carboxylic acids is 1. The van der Waals surface area contributed by atoms with Crippen LogP contribution in [0.2, 0.25) is 0 Å². The molecule has 0 aliphatic carbocycles. The molecule has 0 fully saturated rings. The van der Waals surface area contributed by atoms with Gasteiger partial charge in [0.15, 0.2) is 0 Å². The molecule has 2 N–H and O–H groups in total. The average Bonchev–Trinajstić information content (AvgIpc) is 2.63. The van der Waals surface area contributed by atoms with Crippen LogP contribution in [0.15, 0.2) is 12.5 Å². The number of rotatable bonds is 5. The number of halogens is 3. The minimum Gasteiger partial charge on any atom is -0.480 e. The quantitative estimate of drug-likeness (QED) is 0.824. The van der Waals surface area contributed by atoms with Crippen molar-refractivity contribution in [2.75, 3.05) is 6.54 Å². The summed E-state index contributed by atoms with van der Waals surface area (Å²) in [6.07, 6.45) is -1.84. The molecule has 0 saturated heterocycles. The van der Waals surface area contributed by atoms with Crippen molar-refractivity contribution in [3.05, 3.63) is 18.2 Å². The predicted octanol–water partition coefficient (Wildman–Crippen LogP) is 1.18. The Morgan fingerprint density at radius 3 is 2.76 bits per heavy atom. The third-order valence-electron chi connectivity index (χ3n) is 2.13. The second-order valence-corrected chi connectivity index (χ2v) is 3.37. The smallest absolute Gasteiger partial charge is 0.401 e. The second-order valence-electron chi connectivity index (χ2n) is 3.37. The molecule has 1 heterocycles. The maximum absolute atomic E-state index is 12.0. The molecule has 1 unspecified atom stereocenters. The summed E-state index contributed by atoms with van der Waals surface area (Å²) in [5, 5.41) is 10.8. The van der Waals surface area contributed by atoms with Gasteiger partial charge in [-0.25, -0.2) is 4.98 Å². The van der Waals surface area contributed by atoms with Gasteiger partial charge in [0.2, 0.25) is 0 Å². The molecule has 1 atom stereocenters. The lowest BCUT2D eigenvalue weighted by molar-refractivity contribution is -0.143. The van der Waals surface area contributed by atoms with Gasteiger partial charge in [0.05, 0.1) is 24.8 Å². The highest BCUT2D eigenvalue weighted by molar-refractivity contribution is 5.74. The molecule has 1 aromatic heterocycles. The fourth-order valence-electron chi connectivity index (χ4n) is 1.37. The molecule has 0 saturated carbocycles. The average molecular weight is 251 g/mol. The van der Waals surface area contributed by atoms with Crippen molar-refractivity contribution >= 4 is 5.97 Å². The Bertz CT molecular complexity index is 389. The highest BCUT2D eigenvalue weighted by Gasteiger charge is 2.31. The van der Waals surface area contributed by atoms with Gasteiger partial charge >= 0.3 is 12.1 Å². The summed E-state index contributed by atoms with van der Waals surface area (Å²) in [5.74, 6) is -1.37. The lowest BCUT2D eigenvalue weighted by Gasteiger charge is -2.17. The minimum atomic E-state index is -4.45. The number of carboxylic acids is 1. The Morgan fingerprint density at radius 2 is 2.29 bits per heavy atom. The largest absolute Gasteiger partial charge is 0.480 e. The molecule has 1 aromatic rings. The maximum Gasteiger partial charge on any atom is 0.401 e. The molecule has 1 rings (SSSR count). The van der Waals surface area contributed by atoms with Crippen LogP contribution in [0.3, 0.4) is 0 Å². The first-order valence-corrected chi connectivity index (χ1v) is 4.88. The molecule has 5 nitrogen and oxygen atoms in total. The summed E-state index contributed by atoms with van der Waals surface area (Å²) in [4.78, 5) is 14.6. The summed E-state index contributed by atoms with van der Waals surface area (Å²) in [6, 6.07) is -1.42. The number of nitrogens with zero attached hydrogens (tertiary/aromatic N) is 2. The fourth-order valence-corrected chi connectivity index (χ4v) is 1.37. The summed E-state index contributed by atoms with van der Waals surface area (Å²) >= 11 is 0. The van der Waals surface area contributed by atoms with Gasteiger partial charge in [0.1, 0.15) is 6.04 Å². The molecule has 0 radical (unpaired) electrons. The number of nitrogens with one attached hydrogen (secondary N) is 1. The van der Waals surface area contributed by atoms with Gasteiger partial charge in [0.25, 0.3) is 0 Å². The van der Waals surface area contributed by atoms with E-state index in [0.29, 0.717) is 6.54 Å². The molecule has 0 aliphatic heterocycles. The summed E-state index contributed by atoms with van der Waals surface area (Å²) in [5.41, 5.74) is 0.198. The Labute approximate surface area is 95.3 Å². The molecule has 0 aliphatic rings. The van der Waals surface area contributed by atoms with Crippen LogP contribution in [0.4, 0.5) is 13.2 Å². The molecule has 0 spiro atoms. The molecular weight excluding hydrogens is 239 g/mol. The number of hydrogen-bond donors (Lipinski definition) is 2. The third-order valence-corrected chi connectivity index (χ3v) is 2.13. The van der Waals surface area contributed by atoms with Gasteiger partial charge in [-0.15, -0.1) is 0 Å². The van der Waals surface area contributed by atoms with Crippen molar-refractivity contribution < 1.29 is 23.1 Å². The first kappa shape index (κ1) is 13.5. The monoisotopic (exact) mass is 251 g/mol. The van der Waals surface area contributed by atoms with Crippen molar-refractivity contribution in [2.24, 2.45) is 0 Å². The number of carboxylic acid groups (broad SMARTS) is 1. The zero-order valence-electron chi connectivity index (χ0n) is 9.03. The SMILES string of the molecule is CCn1cncc1C(NCC(F)(F)F)C(=O)O. The van der Waals surface area contributed by atoms with Gasteiger partial charge in [-0.2, -0.15) is 13.2 Å². The molecule has 96 valence electrons. The van der Waals surface area contributed by atoms with Crippen molar-refractivity contribution in [2.45, 2.75) is 25.7 Å². The van der Waals surface area contributed by atoms with Crippen LogP contribution in [0.1, 0.15) is 18.7 Å². The van der Waals surface area contributed by atoms with E-state index >= 15 is 0 Å². The Morgan fingerprint density at radius 1 is 1.65 bits per heavy atom. The third kappa shape index (κ3) is 3.74. The van der Waals surface area contributed by atoms with Crippen LogP contribution in [0.5, 0.6) is 0 Å². The van der Waals surface area contributed by atoms with Crippen molar-refractivity contribution in [1.29, 1.82) is 0 Å². The zero-order chi connectivity index (χ0) is 13.1. The van der Waals surface area contributed by atoms with Crippen LogP contribution in [-0.4, -0.2) is 33.3 Å². The van der Waals surface area contributed by atoms with Crippen LogP contribution in [-0.2, 0) is 11.3 Å². The molecular formula is C9H12F3N3O2. The Kier molecular flexibility index (Phi) is 4.11. The Hall–Kier alpha value is -1.57. The van der Waals surface area contributed by atoms with Crippen LogP contribution < -0.4 is 5.32 Å². The zero-order valence-corrected chi connectivity index (χ0v) is 9.03. The van der Waals surface area contributed by atoms with Gasteiger partial charge in [-0.05, 0) is 6.92 Å². The summed E-state index contributed by atoms with van der Waals surface area (Å²) in [7, 11) is 0. The van der Waals surface area contributed by atoms with E-state index in [1.165, 1.54) is 17.1 Å². The molecule has 0 bridgehead atoms. The number of hydrogen-bond acceptors (Lipinski definition) is 3. The van der Waals surface area contributed by atoms with Gasteiger partial charge < -0.3 is 9.67 Å². The standard InChI is InChI=1S/C9H12F3N3O2/c1-2-15-5-13-3-6(15)7(8(16)17)14-4-9(10,11)12/h3,5,7,14H,2,4H2,1H3,(H,16,17). The highest BCUT2D eigenvalue weighted by Crippen LogP contribution is 2.17. The van der Waals surface area contributed by atoms with Crippen LogP contribution >= 0.6 is 0 Å². The molecule has 0 aromatic carbocycles. The van der Waals surface area contributed by atoms with E-state index in [1.807, 2.05) is 5.32 Å². The van der Waals surface area contributed by atoms with E-state index in [2.05, 4.69) is 4.98 Å². The Balaban J connectivity index is 2.83. The van der Waals surface area contributed by atoms with Gasteiger partial charge in [0, 0.05) is 6.54 Å². The van der Waals surface area contributed by atoms with Gasteiger partial charge in [-0.1, -0.05) is 0 Å². The van der Waals surface area contributed by atoms with E-state index in [0.717, 1.165) is 0 Å². The van der Waals surface area contributed by atoms with E-state index < -0.39 is 24.7 Å². The number of carbonyl (C=O) groups is 1. The van der Waals surface area contributed by atoms with E-state index in [9.17, 15) is 18.0 Å². The van der Waals surface area contributed by atoms with Crippen molar-refractivity contribution in [3.63, 3.8) is 0 Å². The number of imidazole rings is 1. The summed E-state index contributed by atoms with van der Waals surface area (Å²) in [6.45, 7) is 0.819. The van der Waals surface area contributed by atoms with Gasteiger partial charge in [-0.3, -0.25) is 10.1 Å². The number of aromatic nitrogens is 2. The van der Waals surface area contributed by atoms with Crippen LogP contribution in [0.25, 0.3) is 0 Å². The topological polar surface area (TPSA) is 67.2 Å². The highest BCUT2D eigenvalue weighted by atomic mass is 19.4. The molecule has 17 heavy (non-hydrogen) atoms. The number of alkyl halides is 3. The minimum absolute atomic E-state index is 0.198. The first-order chi connectivity index (χ1) is 7.85. The van der Waals surface area contributed by atoms with E-state index in [4.69, 9.17) is 5.11 Å². The normalized spacial score (nSPS) is 13.6. The van der Waals surface area contributed by atoms with Crippen LogP contribution in [0, 0.1) is 0 Å². The second kappa shape index (κ2) is 5.17. The summed E-state index contributed by atoms with van der Waals surface area (Å²) < 4.78 is 37.6. The first-order valence-electron chi connectivity index (χ1n) is 4.88. The van der Waals surface area contributed by atoms with Crippen molar-refractivity contribution in [1.82, 2.24) is 14.9 Å². The van der Waals surface area contributed by atoms with Crippen molar-refractivity contribution in [3.8, 4) is 0 Å². The lowest BCUT2D eigenvalue weighted by atomic mass is 10.2. The maximum atomic E-state index is 12.0. The molecule has 0 amide bonds. The molecule has 8 heteroatoms. The van der Waals surface area contributed by atoms with E-state index in [-0.39, 0.29) is 5.69 Å². The fraction of sp³-hybridized carbons (Fsp3) is 0.556. The number of aryl methyl sites for hydroxylation is 1. The predicted molar refractivity (Wildman–Crippen MR) is 52.3 cm³/mol.